The maximum atomic E-state index is 5.15. The van der Waals surface area contributed by atoms with E-state index >= 15 is 0 Å². The van der Waals surface area contributed by atoms with Gasteiger partial charge in [-0.05, 0) is 13.3 Å². The summed E-state index contributed by atoms with van der Waals surface area (Å²) in [6.45, 7) is 11.1. The van der Waals surface area contributed by atoms with Gasteiger partial charge in [0.25, 0.3) is 0 Å². The van der Waals surface area contributed by atoms with Crippen LogP contribution < -0.4 is 10.6 Å². The number of piperazine rings is 3. The van der Waals surface area contributed by atoms with Gasteiger partial charge in [0, 0.05) is 64.9 Å². The lowest BCUT2D eigenvalue weighted by Gasteiger charge is -2.47. The van der Waals surface area contributed by atoms with Crippen LogP contribution >= 0.6 is 0 Å². The molecule has 2 bridgehead atoms. The summed E-state index contributed by atoms with van der Waals surface area (Å²) >= 11 is 0. The van der Waals surface area contributed by atoms with Crippen molar-refractivity contribution in [2.45, 2.75) is 45.0 Å². The van der Waals surface area contributed by atoms with Crippen LogP contribution in [-0.2, 0) is 24.3 Å². The Morgan fingerprint density at radius 2 is 2.11 bits per heavy atom. The fourth-order valence-corrected chi connectivity index (χ4v) is 4.28. The van der Waals surface area contributed by atoms with Gasteiger partial charge in [0.2, 0.25) is 0 Å². The van der Waals surface area contributed by atoms with Crippen LogP contribution in [0.25, 0.3) is 0 Å². The van der Waals surface area contributed by atoms with Crippen LogP contribution in [0.3, 0.4) is 0 Å². The summed E-state index contributed by atoms with van der Waals surface area (Å²) in [6.07, 6.45) is 1.97. The summed E-state index contributed by atoms with van der Waals surface area (Å²) < 4.78 is 7.16. The molecular weight excluding hydrogens is 344 g/mol. The lowest BCUT2D eigenvalue weighted by Crippen LogP contribution is -2.62. The molecule has 0 aromatic carbocycles. The van der Waals surface area contributed by atoms with E-state index in [0.29, 0.717) is 18.7 Å². The Morgan fingerprint density at radius 1 is 1.26 bits per heavy atom. The van der Waals surface area contributed by atoms with Crippen LogP contribution in [0.2, 0.25) is 0 Å². The van der Waals surface area contributed by atoms with Gasteiger partial charge in [-0.1, -0.05) is 0 Å². The second kappa shape index (κ2) is 8.53. The first-order valence-electron chi connectivity index (χ1n) is 10.2. The standard InChI is InChI=1S/C18H32N8O/c1-3-19-18(20-10-15-12-24-6-8-25(15)9-7-24)21-14-4-5-17-22-16(13-27-2)23-26(17)11-14/h14-15H,3-13H2,1-2H3,(H2,19,20,21). The van der Waals surface area contributed by atoms with Crippen LogP contribution in [0.1, 0.15) is 25.0 Å². The van der Waals surface area contributed by atoms with Gasteiger partial charge < -0.3 is 15.4 Å². The predicted molar refractivity (Wildman–Crippen MR) is 104 cm³/mol. The van der Waals surface area contributed by atoms with Gasteiger partial charge >= 0.3 is 0 Å². The molecule has 2 unspecified atom stereocenters. The summed E-state index contributed by atoms with van der Waals surface area (Å²) in [4.78, 5) is 14.6. The first-order valence-corrected chi connectivity index (χ1v) is 10.2. The van der Waals surface area contributed by atoms with Gasteiger partial charge in [-0.25, -0.2) is 9.67 Å². The fourth-order valence-electron chi connectivity index (χ4n) is 4.28. The molecule has 0 aliphatic carbocycles. The Morgan fingerprint density at radius 3 is 2.81 bits per heavy atom. The molecule has 0 amide bonds. The third-order valence-corrected chi connectivity index (χ3v) is 5.71. The first-order chi connectivity index (χ1) is 13.2. The Bertz CT molecular complexity index is 652. The number of hydrogen-bond acceptors (Lipinski definition) is 6. The van der Waals surface area contributed by atoms with E-state index in [1.807, 2.05) is 4.68 Å². The molecule has 4 aliphatic heterocycles. The van der Waals surface area contributed by atoms with E-state index in [9.17, 15) is 0 Å². The highest BCUT2D eigenvalue weighted by molar-refractivity contribution is 5.80. The number of guanidine groups is 1. The molecule has 9 heteroatoms. The van der Waals surface area contributed by atoms with Gasteiger partial charge in [0.05, 0.1) is 13.1 Å². The first kappa shape index (κ1) is 18.6. The van der Waals surface area contributed by atoms with Gasteiger partial charge in [-0.3, -0.25) is 14.8 Å². The summed E-state index contributed by atoms with van der Waals surface area (Å²) in [6, 6.07) is 0.868. The van der Waals surface area contributed by atoms with Crippen molar-refractivity contribution in [1.82, 2.24) is 35.2 Å². The molecule has 2 atom stereocenters. The number of nitrogens with zero attached hydrogens (tertiary/aromatic N) is 6. The fraction of sp³-hybridized carbons (Fsp3) is 0.833. The van der Waals surface area contributed by atoms with Crippen molar-refractivity contribution in [3.8, 4) is 0 Å². The Balaban J connectivity index is 1.35. The number of rotatable bonds is 6. The quantitative estimate of drug-likeness (QED) is 0.502. The molecule has 27 heavy (non-hydrogen) atoms. The van der Waals surface area contributed by atoms with E-state index in [1.165, 1.54) is 26.2 Å². The van der Waals surface area contributed by atoms with E-state index in [1.54, 1.807) is 7.11 Å². The normalized spacial score (nSPS) is 30.2. The smallest absolute Gasteiger partial charge is 0.191 e. The van der Waals surface area contributed by atoms with E-state index in [0.717, 1.165) is 56.6 Å². The molecule has 0 radical (unpaired) electrons. The van der Waals surface area contributed by atoms with Gasteiger partial charge in [0.15, 0.2) is 11.8 Å². The number of nitrogens with one attached hydrogen (secondary N) is 2. The van der Waals surface area contributed by atoms with E-state index in [-0.39, 0.29) is 0 Å². The van der Waals surface area contributed by atoms with Crippen LogP contribution in [0.4, 0.5) is 0 Å². The molecular formula is C18H32N8O. The van der Waals surface area contributed by atoms with Gasteiger partial charge in [-0.15, -0.1) is 0 Å². The Hall–Kier alpha value is -1.71. The Labute approximate surface area is 161 Å². The van der Waals surface area contributed by atoms with Gasteiger partial charge in [-0.2, -0.15) is 5.10 Å². The lowest BCUT2D eigenvalue weighted by molar-refractivity contribution is 0.0174. The minimum absolute atomic E-state index is 0.319. The summed E-state index contributed by atoms with van der Waals surface area (Å²) in [5.41, 5.74) is 0. The van der Waals surface area contributed by atoms with Crippen LogP contribution in [0, 0.1) is 0 Å². The third-order valence-electron chi connectivity index (χ3n) is 5.71. The molecule has 0 saturated carbocycles. The number of methoxy groups -OCH3 is 1. The maximum absolute atomic E-state index is 5.15. The monoisotopic (exact) mass is 376 g/mol. The zero-order valence-electron chi connectivity index (χ0n) is 16.5. The number of hydrogen-bond donors (Lipinski definition) is 2. The van der Waals surface area contributed by atoms with Crippen molar-refractivity contribution < 1.29 is 4.74 Å². The molecule has 150 valence electrons. The van der Waals surface area contributed by atoms with Crippen molar-refractivity contribution in [3.63, 3.8) is 0 Å². The van der Waals surface area contributed by atoms with Crippen molar-refractivity contribution in [3.05, 3.63) is 11.6 Å². The molecule has 5 heterocycles. The van der Waals surface area contributed by atoms with E-state index in [4.69, 9.17) is 9.73 Å². The minimum atomic E-state index is 0.319. The highest BCUT2D eigenvalue weighted by atomic mass is 16.5. The SMILES string of the molecule is CCNC(=NCC1CN2CCN1CC2)NC1CCc2nc(COC)nn2C1. The average Bonchev–Trinajstić information content (AvgIpc) is 3.09. The second-order valence-electron chi connectivity index (χ2n) is 7.65. The largest absolute Gasteiger partial charge is 0.377 e. The highest BCUT2D eigenvalue weighted by Gasteiger charge is 2.31. The number of aromatic nitrogens is 3. The summed E-state index contributed by atoms with van der Waals surface area (Å²) in [5.74, 6) is 2.74. The number of aryl methyl sites for hydroxylation is 1. The van der Waals surface area contributed by atoms with Crippen LogP contribution in [0.5, 0.6) is 0 Å². The van der Waals surface area contributed by atoms with E-state index in [2.05, 4.69) is 37.4 Å². The molecule has 9 nitrogen and oxygen atoms in total. The lowest BCUT2D eigenvalue weighted by atomic mass is 10.1. The second-order valence-corrected chi connectivity index (χ2v) is 7.65. The van der Waals surface area contributed by atoms with Crippen LogP contribution in [0.15, 0.2) is 4.99 Å². The highest BCUT2D eigenvalue weighted by Crippen LogP contribution is 2.16. The minimum Gasteiger partial charge on any atom is -0.377 e. The number of aliphatic imine (C=N–C) groups is 1. The van der Waals surface area contributed by atoms with E-state index < -0.39 is 0 Å². The molecule has 4 aliphatic rings. The zero-order chi connectivity index (χ0) is 18.6. The molecule has 1 aromatic rings. The average molecular weight is 377 g/mol. The number of fused-ring (bicyclic) bond motifs is 4. The molecule has 5 rings (SSSR count). The summed E-state index contributed by atoms with van der Waals surface area (Å²) in [7, 11) is 1.68. The molecule has 0 spiro atoms. The van der Waals surface area contributed by atoms with Crippen molar-refractivity contribution in [1.29, 1.82) is 0 Å². The third kappa shape index (κ3) is 4.41. The van der Waals surface area contributed by atoms with Crippen molar-refractivity contribution in [2.24, 2.45) is 4.99 Å². The predicted octanol–water partition coefficient (Wildman–Crippen LogP) is -0.706. The molecule has 3 fully saturated rings. The molecule has 2 N–H and O–H groups in total. The topological polar surface area (TPSA) is 82.8 Å². The van der Waals surface area contributed by atoms with Crippen molar-refractivity contribution in [2.75, 3.05) is 52.9 Å². The summed E-state index contributed by atoms with van der Waals surface area (Å²) in [5, 5.41) is 11.6. The molecule has 1 aromatic heterocycles. The van der Waals surface area contributed by atoms with Gasteiger partial charge in [0.1, 0.15) is 12.4 Å². The number of ether oxygens (including phenoxy) is 1. The molecule has 3 saturated heterocycles. The maximum Gasteiger partial charge on any atom is 0.191 e. The zero-order valence-corrected chi connectivity index (χ0v) is 16.5. The van der Waals surface area contributed by atoms with Crippen molar-refractivity contribution >= 4 is 5.96 Å². The Kier molecular flexibility index (Phi) is 5.89. The van der Waals surface area contributed by atoms with Crippen LogP contribution in [-0.4, -0.2) is 95.5 Å².